The molecule has 0 radical (unpaired) electrons. The predicted octanol–water partition coefficient (Wildman–Crippen LogP) is 3.39. The molecule has 1 aromatic carbocycles. The molecule has 0 saturated carbocycles. The number of ether oxygens (including phenoxy) is 1. The molecule has 2 heterocycles. The Bertz CT molecular complexity index is 600. The number of hydrogen-bond donors (Lipinski definition) is 1. The van der Waals surface area contributed by atoms with Crippen LogP contribution in [0.3, 0.4) is 0 Å². The van der Waals surface area contributed by atoms with E-state index in [2.05, 4.69) is 10.3 Å². The van der Waals surface area contributed by atoms with Crippen LogP contribution in [0.25, 0.3) is 0 Å². The zero-order valence-electron chi connectivity index (χ0n) is 10.7. The standard InChI is InChI=1S/C15H15ClN2O/c1-17-9-10-7-13-15(3-2-6-18-13)19-14-5-4-11(16)8-12(10)14/h2-6,8,10,17H,7,9H2,1H3/t10-/m1/s1. The lowest BCUT2D eigenvalue weighted by atomic mass is 9.94. The third kappa shape index (κ3) is 2.44. The van der Waals surface area contributed by atoms with Gasteiger partial charge in [-0.1, -0.05) is 11.6 Å². The van der Waals surface area contributed by atoms with Crippen molar-refractivity contribution < 1.29 is 4.74 Å². The minimum atomic E-state index is 0.315. The number of benzene rings is 1. The van der Waals surface area contributed by atoms with Gasteiger partial charge in [0, 0.05) is 35.7 Å². The van der Waals surface area contributed by atoms with Gasteiger partial charge in [-0.15, -0.1) is 0 Å². The van der Waals surface area contributed by atoms with Gasteiger partial charge in [-0.25, -0.2) is 0 Å². The summed E-state index contributed by atoms with van der Waals surface area (Å²) in [6, 6.07) is 9.64. The smallest absolute Gasteiger partial charge is 0.148 e. The number of nitrogens with one attached hydrogen (secondary N) is 1. The first-order chi connectivity index (χ1) is 9.28. The Morgan fingerprint density at radius 2 is 2.26 bits per heavy atom. The summed E-state index contributed by atoms with van der Waals surface area (Å²) in [5.41, 5.74) is 2.13. The lowest BCUT2D eigenvalue weighted by molar-refractivity contribution is 0.475. The first-order valence-corrected chi connectivity index (χ1v) is 6.71. The van der Waals surface area contributed by atoms with E-state index in [1.165, 1.54) is 0 Å². The molecule has 3 nitrogen and oxygen atoms in total. The zero-order chi connectivity index (χ0) is 13.2. The highest BCUT2D eigenvalue weighted by molar-refractivity contribution is 6.30. The van der Waals surface area contributed by atoms with Crippen LogP contribution >= 0.6 is 11.6 Å². The van der Waals surface area contributed by atoms with Crippen LogP contribution in [-0.4, -0.2) is 18.6 Å². The molecule has 1 atom stereocenters. The number of hydrogen-bond acceptors (Lipinski definition) is 3. The molecule has 3 rings (SSSR count). The number of likely N-dealkylation sites (N-methyl/N-ethyl adjacent to an activating group) is 1. The van der Waals surface area contributed by atoms with Gasteiger partial charge in [-0.05, 0) is 37.4 Å². The van der Waals surface area contributed by atoms with Gasteiger partial charge in [0.15, 0.2) is 0 Å². The quantitative estimate of drug-likeness (QED) is 0.911. The molecule has 4 heteroatoms. The number of rotatable bonds is 2. The van der Waals surface area contributed by atoms with Crippen molar-refractivity contribution in [3.8, 4) is 11.5 Å². The van der Waals surface area contributed by atoms with E-state index < -0.39 is 0 Å². The zero-order valence-corrected chi connectivity index (χ0v) is 11.4. The van der Waals surface area contributed by atoms with E-state index in [9.17, 15) is 0 Å². The van der Waals surface area contributed by atoms with Crippen LogP contribution in [0.4, 0.5) is 0 Å². The summed E-state index contributed by atoms with van der Waals surface area (Å²) in [6.45, 7) is 0.868. The van der Waals surface area contributed by atoms with Crippen LogP contribution in [0, 0.1) is 0 Å². The van der Waals surface area contributed by atoms with Crippen LogP contribution in [0.1, 0.15) is 17.2 Å². The molecule has 0 amide bonds. The maximum atomic E-state index is 6.12. The molecular formula is C15H15ClN2O. The van der Waals surface area contributed by atoms with Crippen molar-refractivity contribution in [1.82, 2.24) is 10.3 Å². The summed E-state index contributed by atoms with van der Waals surface area (Å²) in [5, 5.41) is 3.97. The number of aromatic nitrogens is 1. The Morgan fingerprint density at radius 1 is 1.37 bits per heavy atom. The van der Waals surface area contributed by atoms with Crippen LogP contribution < -0.4 is 10.1 Å². The number of nitrogens with zero attached hydrogens (tertiary/aromatic N) is 1. The second-order valence-electron chi connectivity index (χ2n) is 4.69. The SMILES string of the molecule is CNC[C@H]1Cc2ncccc2Oc2ccc(Cl)cc21. The van der Waals surface area contributed by atoms with Crippen LogP contribution in [0.2, 0.25) is 5.02 Å². The van der Waals surface area contributed by atoms with Gasteiger partial charge in [0.25, 0.3) is 0 Å². The van der Waals surface area contributed by atoms with Gasteiger partial charge in [-0.2, -0.15) is 0 Å². The summed E-state index contributed by atoms with van der Waals surface area (Å²) < 4.78 is 5.99. The van der Waals surface area contributed by atoms with E-state index in [0.717, 1.165) is 40.7 Å². The van der Waals surface area contributed by atoms with Crippen LogP contribution in [0.15, 0.2) is 36.5 Å². The molecule has 98 valence electrons. The molecular weight excluding hydrogens is 260 g/mol. The average Bonchev–Trinajstić information content (AvgIpc) is 2.56. The molecule has 0 bridgehead atoms. The largest absolute Gasteiger partial charge is 0.455 e. The summed E-state index contributed by atoms with van der Waals surface area (Å²) in [7, 11) is 1.95. The van der Waals surface area contributed by atoms with Gasteiger partial charge in [-0.3, -0.25) is 4.98 Å². The average molecular weight is 275 g/mol. The van der Waals surface area contributed by atoms with E-state index >= 15 is 0 Å². The van der Waals surface area contributed by atoms with E-state index in [1.54, 1.807) is 0 Å². The predicted molar refractivity (Wildman–Crippen MR) is 76.1 cm³/mol. The highest BCUT2D eigenvalue weighted by atomic mass is 35.5. The third-order valence-electron chi connectivity index (χ3n) is 3.37. The molecule has 0 fully saturated rings. The van der Waals surface area contributed by atoms with Gasteiger partial charge < -0.3 is 10.1 Å². The van der Waals surface area contributed by atoms with E-state index in [1.807, 2.05) is 43.6 Å². The van der Waals surface area contributed by atoms with Crippen molar-refractivity contribution in [3.05, 3.63) is 52.8 Å². The maximum absolute atomic E-state index is 6.12. The van der Waals surface area contributed by atoms with E-state index in [-0.39, 0.29) is 0 Å². The fourth-order valence-corrected chi connectivity index (χ4v) is 2.67. The summed E-state index contributed by atoms with van der Waals surface area (Å²) in [5.74, 6) is 2.02. The minimum absolute atomic E-state index is 0.315. The minimum Gasteiger partial charge on any atom is -0.455 e. The summed E-state index contributed by atoms with van der Waals surface area (Å²) in [4.78, 5) is 4.43. The Hall–Kier alpha value is -1.58. The molecule has 1 aliphatic heterocycles. The third-order valence-corrected chi connectivity index (χ3v) is 3.61. The Balaban J connectivity index is 2.10. The Labute approximate surface area is 117 Å². The maximum Gasteiger partial charge on any atom is 0.148 e. The van der Waals surface area contributed by atoms with Crippen molar-refractivity contribution >= 4 is 11.6 Å². The molecule has 0 unspecified atom stereocenters. The molecule has 1 aromatic heterocycles. The highest BCUT2D eigenvalue weighted by Gasteiger charge is 2.23. The second kappa shape index (κ2) is 5.19. The molecule has 0 spiro atoms. The molecule has 1 N–H and O–H groups in total. The first kappa shape index (κ1) is 12.5. The normalized spacial score (nSPS) is 17.1. The number of pyridine rings is 1. The Kier molecular flexibility index (Phi) is 3.40. The van der Waals surface area contributed by atoms with E-state index in [4.69, 9.17) is 16.3 Å². The fraction of sp³-hybridized carbons (Fsp3) is 0.267. The van der Waals surface area contributed by atoms with Crippen molar-refractivity contribution in [3.63, 3.8) is 0 Å². The van der Waals surface area contributed by atoms with Crippen molar-refractivity contribution in [2.75, 3.05) is 13.6 Å². The van der Waals surface area contributed by atoms with Gasteiger partial charge in [0.05, 0.1) is 5.69 Å². The second-order valence-corrected chi connectivity index (χ2v) is 5.13. The van der Waals surface area contributed by atoms with Gasteiger partial charge >= 0.3 is 0 Å². The topological polar surface area (TPSA) is 34.2 Å². The van der Waals surface area contributed by atoms with Crippen molar-refractivity contribution in [2.24, 2.45) is 0 Å². The first-order valence-electron chi connectivity index (χ1n) is 6.33. The summed E-state index contributed by atoms with van der Waals surface area (Å²) in [6.07, 6.45) is 2.66. The Morgan fingerprint density at radius 3 is 3.11 bits per heavy atom. The van der Waals surface area contributed by atoms with Gasteiger partial charge in [0.1, 0.15) is 11.5 Å². The van der Waals surface area contributed by atoms with Crippen LogP contribution in [0.5, 0.6) is 11.5 Å². The lowest BCUT2D eigenvalue weighted by Crippen LogP contribution is -2.19. The molecule has 2 aromatic rings. The van der Waals surface area contributed by atoms with Gasteiger partial charge in [0.2, 0.25) is 0 Å². The van der Waals surface area contributed by atoms with E-state index in [0.29, 0.717) is 5.92 Å². The lowest BCUT2D eigenvalue weighted by Gasteiger charge is -2.16. The monoisotopic (exact) mass is 274 g/mol. The molecule has 19 heavy (non-hydrogen) atoms. The van der Waals surface area contributed by atoms with Crippen LogP contribution in [-0.2, 0) is 6.42 Å². The van der Waals surface area contributed by atoms with Crippen molar-refractivity contribution in [2.45, 2.75) is 12.3 Å². The summed E-state index contributed by atoms with van der Waals surface area (Å²) >= 11 is 6.12. The molecule has 0 aliphatic carbocycles. The fourth-order valence-electron chi connectivity index (χ4n) is 2.49. The number of fused-ring (bicyclic) bond motifs is 2. The number of halogens is 1. The molecule has 1 aliphatic rings. The van der Waals surface area contributed by atoms with Crippen molar-refractivity contribution in [1.29, 1.82) is 0 Å². The highest BCUT2D eigenvalue weighted by Crippen LogP contribution is 2.39. The molecule has 0 saturated heterocycles.